The van der Waals surface area contributed by atoms with Crippen LogP contribution in [0.2, 0.25) is 0 Å². The highest BCUT2D eigenvalue weighted by Gasteiger charge is 2.22. The van der Waals surface area contributed by atoms with Crippen LogP contribution >= 0.6 is 0 Å². The molecule has 100 valence electrons. The number of anilines is 1. The summed E-state index contributed by atoms with van der Waals surface area (Å²) in [6.45, 7) is 4.30. The van der Waals surface area contributed by atoms with Crippen molar-refractivity contribution in [1.29, 1.82) is 0 Å². The van der Waals surface area contributed by atoms with E-state index in [9.17, 15) is 9.50 Å². The topological polar surface area (TPSA) is 49.5 Å². The summed E-state index contributed by atoms with van der Waals surface area (Å²) in [4.78, 5) is 2.23. The van der Waals surface area contributed by atoms with E-state index in [1.54, 1.807) is 12.1 Å². The van der Waals surface area contributed by atoms with Gasteiger partial charge in [-0.3, -0.25) is 4.90 Å². The second-order valence-corrected chi connectivity index (χ2v) is 5.21. The van der Waals surface area contributed by atoms with Crippen LogP contribution < -0.4 is 5.73 Å². The smallest absolute Gasteiger partial charge is 0.129 e. The second kappa shape index (κ2) is 5.67. The van der Waals surface area contributed by atoms with E-state index in [1.807, 2.05) is 6.92 Å². The van der Waals surface area contributed by atoms with Crippen molar-refractivity contribution in [3.63, 3.8) is 0 Å². The third kappa shape index (κ3) is 3.21. The van der Waals surface area contributed by atoms with Crippen LogP contribution in [0.1, 0.15) is 25.3 Å². The van der Waals surface area contributed by atoms with Crippen molar-refractivity contribution < 1.29 is 9.50 Å². The molecule has 1 atom stereocenters. The van der Waals surface area contributed by atoms with Gasteiger partial charge in [0.1, 0.15) is 5.82 Å². The molecule has 18 heavy (non-hydrogen) atoms. The number of rotatable bonds is 3. The Labute approximate surface area is 107 Å². The molecule has 0 aliphatic carbocycles. The first kappa shape index (κ1) is 13.3. The van der Waals surface area contributed by atoms with Crippen LogP contribution in [0.25, 0.3) is 0 Å². The van der Waals surface area contributed by atoms with Gasteiger partial charge in [0, 0.05) is 17.8 Å². The van der Waals surface area contributed by atoms with E-state index in [1.165, 1.54) is 6.07 Å². The average molecular weight is 252 g/mol. The van der Waals surface area contributed by atoms with Crippen molar-refractivity contribution in [2.75, 3.05) is 18.8 Å². The average Bonchev–Trinajstić information content (AvgIpc) is 2.33. The van der Waals surface area contributed by atoms with Crippen LogP contribution in [0.3, 0.4) is 0 Å². The Balaban J connectivity index is 1.91. The van der Waals surface area contributed by atoms with E-state index < -0.39 is 0 Å². The Morgan fingerprint density at radius 3 is 2.67 bits per heavy atom. The molecule has 0 bridgehead atoms. The molecule has 0 aromatic heterocycles. The van der Waals surface area contributed by atoms with Gasteiger partial charge >= 0.3 is 0 Å². The number of nitrogen functional groups attached to an aromatic ring is 1. The maximum absolute atomic E-state index is 13.7. The minimum atomic E-state index is -0.236. The fourth-order valence-electron chi connectivity index (χ4n) is 2.53. The number of aliphatic hydroxyl groups excluding tert-OH is 1. The molecule has 1 unspecified atom stereocenters. The zero-order valence-corrected chi connectivity index (χ0v) is 10.8. The quantitative estimate of drug-likeness (QED) is 0.809. The van der Waals surface area contributed by atoms with Crippen LogP contribution in [0.15, 0.2) is 18.2 Å². The van der Waals surface area contributed by atoms with Crippen LogP contribution in [-0.2, 0) is 6.54 Å². The summed E-state index contributed by atoms with van der Waals surface area (Å²) >= 11 is 0. The van der Waals surface area contributed by atoms with Gasteiger partial charge in [0.05, 0.1) is 6.10 Å². The van der Waals surface area contributed by atoms with Gasteiger partial charge in [-0.15, -0.1) is 0 Å². The third-order valence-corrected chi connectivity index (χ3v) is 3.79. The predicted octanol–water partition coefficient (Wildman–Crippen LogP) is 2.00. The number of piperidine rings is 1. The molecule has 2 rings (SSSR count). The summed E-state index contributed by atoms with van der Waals surface area (Å²) in [6, 6.07) is 4.87. The fraction of sp³-hybridized carbons (Fsp3) is 0.571. The number of hydrogen-bond acceptors (Lipinski definition) is 3. The Hall–Kier alpha value is -1.13. The van der Waals surface area contributed by atoms with Crippen molar-refractivity contribution in [2.45, 2.75) is 32.4 Å². The van der Waals surface area contributed by atoms with Gasteiger partial charge in [0.25, 0.3) is 0 Å². The summed E-state index contributed by atoms with van der Waals surface area (Å²) in [5.74, 6) is 0.158. The van der Waals surface area contributed by atoms with Crippen molar-refractivity contribution in [3.8, 4) is 0 Å². The van der Waals surface area contributed by atoms with Crippen LogP contribution in [0.4, 0.5) is 10.1 Å². The van der Waals surface area contributed by atoms with Crippen LogP contribution in [-0.4, -0.2) is 29.2 Å². The first-order chi connectivity index (χ1) is 8.56. The number of benzene rings is 1. The second-order valence-electron chi connectivity index (χ2n) is 5.21. The molecule has 1 aromatic rings. The lowest BCUT2D eigenvalue weighted by Crippen LogP contribution is -2.36. The van der Waals surface area contributed by atoms with Crippen molar-refractivity contribution in [2.24, 2.45) is 5.92 Å². The normalized spacial score (nSPS) is 19.9. The predicted molar refractivity (Wildman–Crippen MR) is 70.5 cm³/mol. The van der Waals surface area contributed by atoms with E-state index >= 15 is 0 Å². The van der Waals surface area contributed by atoms with Gasteiger partial charge in [-0.2, -0.15) is 0 Å². The largest absolute Gasteiger partial charge is 0.399 e. The van der Waals surface area contributed by atoms with Gasteiger partial charge < -0.3 is 10.8 Å². The molecule has 1 aliphatic rings. The van der Waals surface area contributed by atoms with E-state index in [0.717, 1.165) is 25.9 Å². The Morgan fingerprint density at radius 1 is 1.44 bits per heavy atom. The molecule has 0 saturated carbocycles. The number of halogens is 1. The highest BCUT2D eigenvalue weighted by molar-refractivity contribution is 5.40. The molecular formula is C14H21FN2O. The lowest BCUT2D eigenvalue weighted by atomic mass is 9.92. The molecule has 3 nitrogen and oxygen atoms in total. The van der Waals surface area contributed by atoms with Crippen molar-refractivity contribution in [1.82, 2.24) is 4.90 Å². The number of likely N-dealkylation sites (tertiary alicyclic amines) is 1. The monoisotopic (exact) mass is 252 g/mol. The summed E-state index contributed by atoms with van der Waals surface area (Å²) in [6.07, 6.45) is 1.73. The van der Waals surface area contributed by atoms with E-state index in [-0.39, 0.29) is 11.9 Å². The molecule has 1 fully saturated rings. The maximum Gasteiger partial charge on any atom is 0.129 e. The molecule has 1 aliphatic heterocycles. The highest BCUT2D eigenvalue weighted by atomic mass is 19.1. The molecule has 0 spiro atoms. The lowest BCUT2D eigenvalue weighted by Gasteiger charge is -2.33. The summed E-state index contributed by atoms with van der Waals surface area (Å²) < 4.78 is 13.7. The molecule has 0 radical (unpaired) electrons. The zero-order chi connectivity index (χ0) is 13.1. The number of nitrogens with zero attached hydrogens (tertiary/aromatic N) is 1. The Bertz CT molecular complexity index is 401. The van der Waals surface area contributed by atoms with Crippen molar-refractivity contribution in [3.05, 3.63) is 29.6 Å². The summed E-state index contributed by atoms with van der Waals surface area (Å²) in [7, 11) is 0. The maximum atomic E-state index is 13.7. The minimum absolute atomic E-state index is 0.229. The van der Waals surface area contributed by atoms with Gasteiger partial charge in [-0.25, -0.2) is 4.39 Å². The Kier molecular flexibility index (Phi) is 4.19. The van der Waals surface area contributed by atoms with E-state index in [2.05, 4.69) is 4.90 Å². The number of aliphatic hydroxyl groups is 1. The van der Waals surface area contributed by atoms with Gasteiger partial charge in [0.2, 0.25) is 0 Å². The fourth-order valence-corrected chi connectivity index (χ4v) is 2.53. The van der Waals surface area contributed by atoms with Gasteiger partial charge in [-0.05, 0) is 50.9 Å². The first-order valence-corrected chi connectivity index (χ1v) is 6.50. The molecule has 3 N–H and O–H groups in total. The zero-order valence-electron chi connectivity index (χ0n) is 10.8. The van der Waals surface area contributed by atoms with Crippen LogP contribution in [0.5, 0.6) is 0 Å². The molecule has 0 amide bonds. The molecule has 1 heterocycles. The van der Waals surface area contributed by atoms with Crippen LogP contribution in [0, 0.1) is 11.7 Å². The first-order valence-electron chi connectivity index (χ1n) is 6.50. The lowest BCUT2D eigenvalue weighted by molar-refractivity contribution is 0.0692. The van der Waals surface area contributed by atoms with E-state index in [4.69, 9.17) is 5.73 Å². The summed E-state index contributed by atoms with van der Waals surface area (Å²) in [5, 5.41) is 9.54. The third-order valence-electron chi connectivity index (χ3n) is 3.79. The SMILES string of the molecule is CC(O)C1CCN(Cc2ccc(N)cc2F)CC1. The Morgan fingerprint density at radius 2 is 2.11 bits per heavy atom. The molecule has 1 aromatic carbocycles. The van der Waals surface area contributed by atoms with Crippen molar-refractivity contribution >= 4 is 5.69 Å². The minimum Gasteiger partial charge on any atom is -0.399 e. The summed E-state index contributed by atoms with van der Waals surface area (Å²) in [5.41, 5.74) is 6.69. The molecular weight excluding hydrogens is 231 g/mol. The molecule has 4 heteroatoms. The van der Waals surface area contributed by atoms with Gasteiger partial charge in [0.15, 0.2) is 0 Å². The standard InChI is InChI=1S/C14H21FN2O/c1-10(18)11-4-6-17(7-5-11)9-12-2-3-13(16)8-14(12)15/h2-3,8,10-11,18H,4-7,9,16H2,1H3. The highest BCUT2D eigenvalue weighted by Crippen LogP contribution is 2.22. The molecule has 1 saturated heterocycles. The van der Waals surface area contributed by atoms with Gasteiger partial charge in [-0.1, -0.05) is 6.07 Å². The van der Waals surface area contributed by atoms with E-state index in [0.29, 0.717) is 23.7 Å². The number of hydrogen-bond donors (Lipinski definition) is 2. The number of nitrogens with two attached hydrogens (primary N) is 1.